The van der Waals surface area contributed by atoms with Crippen molar-refractivity contribution in [1.82, 2.24) is 0 Å². The molecule has 3 nitrogen and oxygen atoms in total. The number of benzene rings is 1. The Labute approximate surface area is 65.6 Å². The van der Waals surface area contributed by atoms with Gasteiger partial charge in [-0.3, -0.25) is 0 Å². The SMILES string of the molecule is C[C@@H](O)c1c(N)cccc1N. The zero-order valence-electron chi connectivity index (χ0n) is 6.41. The lowest BCUT2D eigenvalue weighted by Gasteiger charge is -2.10. The summed E-state index contributed by atoms with van der Waals surface area (Å²) in [5.41, 5.74) is 12.9. The van der Waals surface area contributed by atoms with Gasteiger partial charge in [-0.15, -0.1) is 0 Å². The average molecular weight is 152 g/mol. The van der Waals surface area contributed by atoms with E-state index in [9.17, 15) is 5.11 Å². The van der Waals surface area contributed by atoms with Gasteiger partial charge in [-0.1, -0.05) is 6.07 Å². The van der Waals surface area contributed by atoms with E-state index in [1.807, 2.05) is 0 Å². The van der Waals surface area contributed by atoms with E-state index in [-0.39, 0.29) is 0 Å². The lowest BCUT2D eigenvalue weighted by molar-refractivity contribution is 0.201. The summed E-state index contributed by atoms with van der Waals surface area (Å²) in [5, 5.41) is 9.23. The van der Waals surface area contributed by atoms with Crippen LogP contribution in [0.3, 0.4) is 0 Å². The molecule has 1 atom stereocenters. The Morgan fingerprint density at radius 3 is 2.00 bits per heavy atom. The molecule has 5 N–H and O–H groups in total. The smallest absolute Gasteiger partial charge is 0.0802 e. The second kappa shape index (κ2) is 2.80. The van der Waals surface area contributed by atoms with Crippen molar-refractivity contribution in [3.63, 3.8) is 0 Å². The van der Waals surface area contributed by atoms with Crippen LogP contribution in [-0.2, 0) is 0 Å². The summed E-state index contributed by atoms with van der Waals surface area (Å²) in [6, 6.07) is 5.20. The van der Waals surface area contributed by atoms with Gasteiger partial charge in [0.05, 0.1) is 6.10 Å². The van der Waals surface area contributed by atoms with Crippen LogP contribution in [0.1, 0.15) is 18.6 Å². The van der Waals surface area contributed by atoms with Gasteiger partial charge in [0.2, 0.25) is 0 Å². The molecule has 60 valence electrons. The fourth-order valence-corrected chi connectivity index (χ4v) is 1.08. The molecule has 0 amide bonds. The highest BCUT2D eigenvalue weighted by Crippen LogP contribution is 2.25. The Morgan fingerprint density at radius 2 is 1.73 bits per heavy atom. The summed E-state index contributed by atoms with van der Waals surface area (Å²) in [5.74, 6) is 0. The number of nitrogens with two attached hydrogens (primary N) is 2. The minimum Gasteiger partial charge on any atom is -0.398 e. The summed E-state index contributed by atoms with van der Waals surface area (Å²) >= 11 is 0. The van der Waals surface area contributed by atoms with Crippen LogP contribution in [0.25, 0.3) is 0 Å². The normalized spacial score (nSPS) is 12.9. The predicted molar refractivity (Wildman–Crippen MR) is 45.9 cm³/mol. The first-order valence-corrected chi connectivity index (χ1v) is 3.45. The first kappa shape index (κ1) is 7.88. The van der Waals surface area contributed by atoms with E-state index in [2.05, 4.69) is 0 Å². The standard InChI is InChI=1S/C8H12N2O/c1-5(11)8-6(9)3-2-4-7(8)10/h2-5,11H,9-10H2,1H3/t5-/m1/s1. The summed E-state index contributed by atoms with van der Waals surface area (Å²) in [6.45, 7) is 1.64. The number of aliphatic hydroxyl groups is 1. The molecule has 0 unspecified atom stereocenters. The molecular formula is C8H12N2O. The molecule has 0 bridgehead atoms. The molecule has 0 spiro atoms. The van der Waals surface area contributed by atoms with Gasteiger partial charge in [0.25, 0.3) is 0 Å². The van der Waals surface area contributed by atoms with Crippen LogP contribution in [0.4, 0.5) is 11.4 Å². The quantitative estimate of drug-likeness (QED) is 0.523. The number of anilines is 2. The van der Waals surface area contributed by atoms with Crippen molar-refractivity contribution < 1.29 is 5.11 Å². The van der Waals surface area contributed by atoms with E-state index < -0.39 is 6.10 Å². The highest BCUT2D eigenvalue weighted by Gasteiger charge is 2.07. The number of aliphatic hydroxyl groups excluding tert-OH is 1. The maximum atomic E-state index is 9.23. The first-order chi connectivity index (χ1) is 5.13. The molecule has 0 saturated heterocycles. The second-order valence-electron chi connectivity index (χ2n) is 2.53. The van der Waals surface area contributed by atoms with E-state index >= 15 is 0 Å². The summed E-state index contributed by atoms with van der Waals surface area (Å²) in [4.78, 5) is 0. The zero-order valence-corrected chi connectivity index (χ0v) is 6.41. The predicted octanol–water partition coefficient (Wildman–Crippen LogP) is 0.904. The van der Waals surface area contributed by atoms with Crippen molar-refractivity contribution in [3.05, 3.63) is 23.8 Å². The first-order valence-electron chi connectivity index (χ1n) is 3.45. The largest absolute Gasteiger partial charge is 0.398 e. The van der Waals surface area contributed by atoms with E-state index in [0.717, 1.165) is 0 Å². The van der Waals surface area contributed by atoms with E-state index in [1.54, 1.807) is 25.1 Å². The molecule has 1 aromatic carbocycles. The lowest BCUT2D eigenvalue weighted by Crippen LogP contribution is -2.02. The fourth-order valence-electron chi connectivity index (χ4n) is 1.08. The Hall–Kier alpha value is -1.22. The molecule has 0 aliphatic rings. The molecule has 0 aliphatic heterocycles. The third kappa shape index (κ3) is 1.43. The monoisotopic (exact) mass is 152 g/mol. The van der Waals surface area contributed by atoms with E-state index in [4.69, 9.17) is 11.5 Å². The highest BCUT2D eigenvalue weighted by molar-refractivity contribution is 5.61. The highest BCUT2D eigenvalue weighted by atomic mass is 16.3. The van der Waals surface area contributed by atoms with Gasteiger partial charge in [0.1, 0.15) is 0 Å². The molecule has 0 aliphatic carbocycles. The summed E-state index contributed by atoms with van der Waals surface area (Å²) < 4.78 is 0. The average Bonchev–Trinajstić information content (AvgIpc) is 1.85. The molecule has 3 heteroatoms. The summed E-state index contributed by atoms with van der Waals surface area (Å²) in [7, 11) is 0. The molecule has 11 heavy (non-hydrogen) atoms. The van der Waals surface area contributed by atoms with Crippen LogP contribution in [0, 0.1) is 0 Å². The molecule has 0 aromatic heterocycles. The fraction of sp³-hybridized carbons (Fsp3) is 0.250. The van der Waals surface area contributed by atoms with Gasteiger partial charge < -0.3 is 16.6 Å². The van der Waals surface area contributed by atoms with Crippen LogP contribution in [0.2, 0.25) is 0 Å². The molecule has 1 rings (SSSR count). The van der Waals surface area contributed by atoms with Crippen LogP contribution >= 0.6 is 0 Å². The van der Waals surface area contributed by atoms with Crippen LogP contribution in [0.5, 0.6) is 0 Å². The van der Waals surface area contributed by atoms with Crippen molar-refractivity contribution in [2.45, 2.75) is 13.0 Å². The van der Waals surface area contributed by atoms with Crippen molar-refractivity contribution >= 4 is 11.4 Å². The molecule has 0 radical (unpaired) electrons. The third-order valence-corrected chi connectivity index (χ3v) is 1.59. The van der Waals surface area contributed by atoms with Crippen molar-refractivity contribution in [2.24, 2.45) is 0 Å². The molecule has 1 aromatic rings. The number of nitrogen functional groups attached to an aromatic ring is 2. The zero-order chi connectivity index (χ0) is 8.43. The van der Waals surface area contributed by atoms with Gasteiger partial charge in [-0.25, -0.2) is 0 Å². The third-order valence-electron chi connectivity index (χ3n) is 1.59. The molecule has 0 saturated carbocycles. The number of hydrogen-bond acceptors (Lipinski definition) is 3. The van der Waals surface area contributed by atoms with Crippen molar-refractivity contribution in [1.29, 1.82) is 0 Å². The second-order valence-corrected chi connectivity index (χ2v) is 2.53. The Morgan fingerprint density at radius 1 is 1.27 bits per heavy atom. The van der Waals surface area contributed by atoms with Crippen molar-refractivity contribution in [2.75, 3.05) is 11.5 Å². The minimum atomic E-state index is -0.601. The van der Waals surface area contributed by atoms with Gasteiger partial charge in [-0.05, 0) is 19.1 Å². The van der Waals surface area contributed by atoms with Crippen LogP contribution in [-0.4, -0.2) is 5.11 Å². The van der Waals surface area contributed by atoms with Gasteiger partial charge >= 0.3 is 0 Å². The summed E-state index contributed by atoms with van der Waals surface area (Å²) in [6.07, 6.45) is -0.601. The number of hydrogen-bond donors (Lipinski definition) is 3. The van der Waals surface area contributed by atoms with E-state index in [1.165, 1.54) is 0 Å². The minimum absolute atomic E-state index is 0.542. The van der Waals surface area contributed by atoms with Gasteiger partial charge in [0.15, 0.2) is 0 Å². The molecular weight excluding hydrogens is 140 g/mol. The van der Waals surface area contributed by atoms with Gasteiger partial charge in [0, 0.05) is 16.9 Å². The molecule has 0 heterocycles. The van der Waals surface area contributed by atoms with Crippen molar-refractivity contribution in [3.8, 4) is 0 Å². The lowest BCUT2D eigenvalue weighted by atomic mass is 10.1. The number of rotatable bonds is 1. The Kier molecular flexibility index (Phi) is 2.01. The van der Waals surface area contributed by atoms with Crippen LogP contribution < -0.4 is 11.5 Å². The Bertz CT molecular complexity index is 238. The van der Waals surface area contributed by atoms with E-state index in [0.29, 0.717) is 16.9 Å². The maximum absolute atomic E-state index is 9.23. The maximum Gasteiger partial charge on any atom is 0.0802 e. The Balaban J connectivity index is 3.21. The van der Waals surface area contributed by atoms with Crippen LogP contribution in [0.15, 0.2) is 18.2 Å². The van der Waals surface area contributed by atoms with Gasteiger partial charge in [-0.2, -0.15) is 0 Å². The topological polar surface area (TPSA) is 72.3 Å². The molecule has 0 fully saturated rings.